The van der Waals surface area contributed by atoms with Gasteiger partial charge < -0.3 is 15.1 Å². The largest absolute Gasteiger partial charge is 0.349 e. The van der Waals surface area contributed by atoms with Crippen LogP contribution in [0.3, 0.4) is 0 Å². The van der Waals surface area contributed by atoms with Gasteiger partial charge in [0.25, 0.3) is 5.91 Å². The number of benzene rings is 3. The topological polar surface area (TPSA) is 35.6 Å². The van der Waals surface area contributed by atoms with Crippen LogP contribution in [0.15, 0.2) is 79.0 Å². The maximum Gasteiger partial charge on any atom is 0.266 e. The number of nitrogens with zero attached hydrogens (tertiary/aromatic N) is 2. The minimum atomic E-state index is -0.313. The molecule has 7 heteroatoms. The number of hydrogen-bond acceptors (Lipinski definition) is 4. The third kappa shape index (κ3) is 5.80. The first-order chi connectivity index (χ1) is 19.3. The summed E-state index contributed by atoms with van der Waals surface area (Å²) in [5, 5.41) is 4.72. The Bertz CT molecular complexity index is 1520. The van der Waals surface area contributed by atoms with Gasteiger partial charge in [0.05, 0.1) is 5.02 Å². The summed E-state index contributed by atoms with van der Waals surface area (Å²) in [4.78, 5) is 18.5. The van der Waals surface area contributed by atoms with Gasteiger partial charge in [0.1, 0.15) is 10.7 Å². The molecule has 0 atom stereocenters. The van der Waals surface area contributed by atoms with Crippen LogP contribution in [0.1, 0.15) is 47.8 Å². The van der Waals surface area contributed by atoms with Crippen LogP contribution in [0.2, 0.25) is 5.02 Å². The molecule has 1 amide bonds. The summed E-state index contributed by atoms with van der Waals surface area (Å²) < 4.78 is 16.3. The molecule has 1 N–H and O–H groups in total. The molecule has 0 unspecified atom stereocenters. The molecule has 1 aromatic heterocycles. The Kier molecular flexibility index (Phi) is 8.60. The Morgan fingerprint density at radius 2 is 1.73 bits per heavy atom. The summed E-state index contributed by atoms with van der Waals surface area (Å²) in [5.41, 5.74) is 4.38. The van der Waals surface area contributed by atoms with Crippen molar-refractivity contribution in [1.82, 2.24) is 10.2 Å². The van der Waals surface area contributed by atoms with Gasteiger partial charge in [-0.15, -0.1) is 11.3 Å². The number of thiophene rings is 1. The molecule has 0 aliphatic heterocycles. The second-order valence-electron chi connectivity index (χ2n) is 10.6. The highest BCUT2D eigenvalue weighted by atomic mass is 35.5. The maximum absolute atomic E-state index is 15.3. The van der Waals surface area contributed by atoms with Crippen molar-refractivity contribution in [2.45, 2.75) is 51.2 Å². The summed E-state index contributed by atoms with van der Waals surface area (Å²) in [7, 11) is 3.96. The minimum Gasteiger partial charge on any atom is -0.349 e. The van der Waals surface area contributed by atoms with Crippen molar-refractivity contribution in [1.29, 1.82) is 0 Å². The van der Waals surface area contributed by atoms with E-state index in [0.717, 1.165) is 58.3 Å². The van der Waals surface area contributed by atoms with Crippen LogP contribution >= 0.6 is 22.9 Å². The maximum atomic E-state index is 15.3. The van der Waals surface area contributed by atoms with Gasteiger partial charge in [0.15, 0.2) is 0 Å². The van der Waals surface area contributed by atoms with Gasteiger partial charge in [-0.2, -0.15) is 0 Å². The predicted molar refractivity (Wildman–Crippen MR) is 167 cm³/mol. The first-order valence-corrected chi connectivity index (χ1v) is 14.9. The number of amides is 1. The van der Waals surface area contributed by atoms with Gasteiger partial charge in [0.2, 0.25) is 0 Å². The average Bonchev–Trinajstić information content (AvgIpc) is 3.32. The van der Waals surface area contributed by atoms with Crippen LogP contribution < -0.4 is 10.2 Å². The van der Waals surface area contributed by atoms with Crippen molar-refractivity contribution in [2.24, 2.45) is 0 Å². The summed E-state index contributed by atoms with van der Waals surface area (Å²) >= 11 is 8.15. The quantitative estimate of drug-likeness (QED) is 0.229. The van der Waals surface area contributed by atoms with E-state index in [0.29, 0.717) is 21.5 Å². The second-order valence-corrected chi connectivity index (χ2v) is 12.0. The number of carbonyl (C=O) groups excluding carboxylic acids is 1. The van der Waals surface area contributed by atoms with Crippen LogP contribution in [-0.2, 0) is 6.54 Å². The molecule has 0 bridgehead atoms. The molecule has 1 heterocycles. The molecule has 4 nitrogen and oxygen atoms in total. The molecule has 3 aromatic carbocycles. The lowest BCUT2D eigenvalue weighted by Gasteiger charge is -2.37. The van der Waals surface area contributed by atoms with Crippen molar-refractivity contribution in [3.05, 3.63) is 100 Å². The van der Waals surface area contributed by atoms with E-state index in [1.807, 2.05) is 85.4 Å². The fraction of sp³-hybridized carbons (Fsp3) is 0.303. The Labute approximate surface area is 245 Å². The Morgan fingerprint density at radius 3 is 2.38 bits per heavy atom. The molecule has 5 rings (SSSR count). The van der Waals surface area contributed by atoms with Gasteiger partial charge in [-0.25, -0.2) is 4.39 Å². The van der Waals surface area contributed by atoms with E-state index in [4.69, 9.17) is 11.6 Å². The molecular weight excluding hydrogens is 541 g/mol. The standard InChI is InChI=1S/C33H35ClFN3OS/c1-21(2)37(4)26-14-9-22(10-15-26)23-11-18-29(35)24(19-23)20-38(27-16-12-25(36-3)13-17-27)33(39)32-31(34)28-7-5-6-8-30(28)40-32/h5-11,14-15,18-19,25,27,36H,1,12-13,16-17,20H2,2-4H3/t25-,27-. The highest BCUT2D eigenvalue weighted by molar-refractivity contribution is 7.21. The molecule has 1 fully saturated rings. The fourth-order valence-corrected chi connectivity index (χ4v) is 6.95. The number of rotatable bonds is 8. The third-order valence-electron chi connectivity index (χ3n) is 8.08. The lowest BCUT2D eigenvalue weighted by molar-refractivity contribution is 0.0604. The van der Waals surface area contributed by atoms with Gasteiger partial charge >= 0.3 is 0 Å². The number of hydrogen-bond donors (Lipinski definition) is 1. The summed E-state index contributed by atoms with van der Waals surface area (Å²) in [5.74, 6) is -0.442. The zero-order valence-corrected chi connectivity index (χ0v) is 24.8. The van der Waals surface area contributed by atoms with Crippen LogP contribution in [-0.4, -0.2) is 37.0 Å². The van der Waals surface area contributed by atoms with Crippen LogP contribution in [0.4, 0.5) is 10.1 Å². The second kappa shape index (κ2) is 12.1. The highest BCUT2D eigenvalue weighted by Gasteiger charge is 2.32. The van der Waals surface area contributed by atoms with E-state index < -0.39 is 0 Å². The normalized spacial score (nSPS) is 17.1. The van der Waals surface area contributed by atoms with E-state index >= 15 is 4.39 Å². The fourth-order valence-electron chi connectivity index (χ4n) is 5.48. The van der Waals surface area contributed by atoms with Crippen molar-refractivity contribution in [2.75, 3.05) is 19.0 Å². The van der Waals surface area contributed by atoms with E-state index in [-0.39, 0.29) is 24.3 Å². The minimum absolute atomic E-state index is 0.0124. The molecule has 40 heavy (non-hydrogen) atoms. The average molecular weight is 576 g/mol. The number of halogens is 2. The lowest BCUT2D eigenvalue weighted by Crippen LogP contribution is -2.44. The van der Waals surface area contributed by atoms with E-state index in [1.165, 1.54) is 17.4 Å². The van der Waals surface area contributed by atoms with Crippen LogP contribution in [0.25, 0.3) is 21.2 Å². The Balaban J connectivity index is 1.47. The monoisotopic (exact) mass is 575 g/mol. The van der Waals surface area contributed by atoms with Crippen LogP contribution in [0.5, 0.6) is 0 Å². The van der Waals surface area contributed by atoms with Crippen molar-refractivity contribution in [3.8, 4) is 11.1 Å². The van der Waals surface area contributed by atoms with Gasteiger partial charge in [-0.3, -0.25) is 4.79 Å². The molecule has 0 spiro atoms. The van der Waals surface area contributed by atoms with Gasteiger partial charge in [-0.05, 0) is 81.1 Å². The molecule has 0 saturated heterocycles. The molecular formula is C33H35ClFN3OS. The van der Waals surface area contributed by atoms with E-state index in [9.17, 15) is 4.79 Å². The molecule has 1 aliphatic carbocycles. The third-order valence-corrected chi connectivity index (χ3v) is 9.75. The SMILES string of the molecule is C=C(C)N(C)c1ccc(-c2ccc(F)c(CN(C(=O)c3sc4ccccc4c3Cl)[C@H]3CC[C@H](NC)CC3)c2)cc1. The number of carbonyl (C=O) groups is 1. The van der Waals surface area contributed by atoms with Crippen molar-refractivity contribution < 1.29 is 9.18 Å². The summed E-state index contributed by atoms with van der Waals surface area (Å²) in [6.45, 7) is 6.15. The molecule has 1 aliphatic rings. The molecule has 0 radical (unpaired) electrons. The van der Waals surface area contributed by atoms with Gasteiger partial charge in [0, 0.05) is 52.7 Å². The van der Waals surface area contributed by atoms with Crippen LogP contribution in [0, 0.1) is 5.82 Å². The lowest BCUT2D eigenvalue weighted by atomic mass is 9.89. The van der Waals surface area contributed by atoms with Gasteiger partial charge in [-0.1, -0.05) is 54.6 Å². The molecule has 208 valence electrons. The highest BCUT2D eigenvalue weighted by Crippen LogP contribution is 2.38. The number of fused-ring (bicyclic) bond motifs is 1. The number of anilines is 1. The molecule has 1 saturated carbocycles. The van der Waals surface area contributed by atoms with Crippen molar-refractivity contribution in [3.63, 3.8) is 0 Å². The summed E-state index contributed by atoms with van der Waals surface area (Å²) in [6, 6.07) is 21.6. The zero-order chi connectivity index (χ0) is 28.4. The predicted octanol–water partition coefficient (Wildman–Crippen LogP) is 8.50. The Morgan fingerprint density at radius 1 is 1.05 bits per heavy atom. The Hall–Kier alpha value is -3.19. The summed E-state index contributed by atoms with van der Waals surface area (Å²) in [6.07, 6.45) is 3.66. The first-order valence-electron chi connectivity index (χ1n) is 13.7. The first kappa shape index (κ1) is 28.3. The zero-order valence-electron chi connectivity index (χ0n) is 23.2. The number of nitrogens with one attached hydrogen (secondary N) is 1. The van der Waals surface area contributed by atoms with E-state index in [1.54, 1.807) is 6.07 Å². The van der Waals surface area contributed by atoms with E-state index in [2.05, 4.69) is 11.9 Å². The smallest absolute Gasteiger partial charge is 0.266 e. The van der Waals surface area contributed by atoms with Crippen molar-refractivity contribution >= 4 is 44.6 Å². The number of allylic oxidation sites excluding steroid dienone is 1. The molecule has 4 aromatic rings.